The van der Waals surface area contributed by atoms with Gasteiger partial charge in [0.25, 0.3) is 0 Å². The van der Waals surface area contributed by atoms with Gasteiger partial charge in [0, 0.05) is 18.0 Å². The lowest BCUT2D eigenvalue weighted by Gasteiger charge is -2.18. The Hall–Kier alpha value is -0.730. The average molecular weight is 268 g/mol. The molecule has 0 spiro atoms. The number of benzene rings is 1. The van der Waals surface area contributed by atoms with E-state index in [4.69, 9.17) is 16.3 Å². The molecule has 2 unspecified atom stereocenters. The summed E-state index contributed by atoms with van der Waals surface area (Å²) >= 11 is 6.00. The Kier molecular flexibility index (Phi) is 5.33. The second kappa shape index (κ2) is 7.01. The number of hydrogen-bond acceptors (Lipinski definition) is 2. The van der Waals surface area contributed by atoms with Crippen molar-refractivity contribution in [3.8, 4) is 5.75 Å². The predicted octanol–water partition coefficient (Wildman–Crippen LogP) is 3.44. The molecule has 1 aliphatic carbocycles. The highest BCUT2D eigenvalue weighted by Gasteiger charge is 2.25. The van der Waals surface area contributed by atoms with Gasteiger partial charge in [0.05, 0.1) is 7.11 Å². The molecule has 2 nitrogen and oxygen atoms in total. The van der Waals surface area contributed by atoms with Gasteiger partial charge in [-0.2, -0.15) is 0 Å². The molecule has 0 amide bonds. The summed E-state index contributed by atoms with van der Waals surface area (Å²) in [7, 11) is 1.72. The molecule has 18 heavy (non-hydrogen) atoms. The van der Waals surface area contributed by atoms with E-state index in [1.807, 2.05) is 12.1 Å². The van der Waals surface area contributed by atoms with Crippen LogP contribution in [0.3, 0.4) is 0 Å². The Balaban J connectivity index is 1.81. The maximum Gasteiger partial charge on any atom is 0.123 e. The summed E-state index contributed by atoms with van der Waals surface area (Å²) in [4.78, 5) is 0. The van der Waals surface area contributed by atoms with Crippen LogP contribution < -0.4 is 10.1 Å². The average Bonchev–Trinajstić information content (AvgIpc) is 2.87. The number of rotatable bonds is 6. The Labute approximate surface area is 115 Å². The van der Waals surface area contributed by atoms with Crippen molar-refractivity contribution in [1.29, 1.82) is 0 Å². The molecule has 2 rings (SSSR count). The van der Waals surface area contributed by atoms with Crippen LogP contribution in [0.4, 0.5) is 0 Å². The van der Waals surface area contributed by atoms with E-state index in [9.17, 15) is 0 Å². The van der Waals surface area contributed by atoms with Crippen molar-refractivity contribution in [2.75, 3.05) is 19.5 Å². The first-order chi connectivity index (χ1) is 8.85. The molecule has 3 heteroatoms. The third kappa shape index (κ3) is 3.39. The minimum Gasteiger partial charge on any atom is -0.496 e. The van der Waals surface area contributed by atoms with Gasteiger partial charge < -0.3 is 10.1 Å². The van der Waals surface area contributed by atoms with Gasteiger partial charge in [0.15, 0.2) is 0 Å². The lowest BCUT2D eigenvalue weighted by Crippen LogP contribution is -2.25. The van der Waals surface area contributed by atoms with E-state index >= 15 is 0 Å². The minimum atomic E-state index is 0.705. The van der Waals surface area contributed by atoms with Gasteiger partial charge in [-0.15, -0.1) is 11.6 Å². The molecular formula is C15H22ClNO. The largest absolute Gasteiger partial charge is 0.496 e. The van der Waals surface area contributed by atoms with Gasteiger partial charge in [-0.1, -0.05) is 24.6 Å². The van der Waals surface area contributed by atoms with Gasteiger partial charge >= 0.3 is 0 Å². The van der Waals surface area contributed by atoms with Crippen LogP contribution in [0.25, 0.3) is 0 Å². The first kappa shape index (κ1) is 13.7. The number of methoxy groups -OCH3 is 1. The quantitative estimate of drug-likeness (QED) is 0.798. The molecular weight excluding hydrogens is 246 g/mol. The zero-order valence-electron chi connectivity index (χ0n) is 11.0. The summed E-state index contributed by atoms with van der Waals surface area (Å²) in [6.45, 7) is 1.94. The predicted molar refractivity (Wildman–Crippen MR) is 76.3 cm³/mol. The van der Waals surface area contributed by atoms with Gasteiger partial charge in [-0.05, 0) is 37.3 Å². The van der Waals surface area contributed by atoms with Gasteiger partial charge in [-0.3, -0.25) is 0 Å². The molecule has 0 bridgehead atoms. The first-order valence-electron chi connectivity index (χ1n) is 6.73. The summed E-state index contributed by atoms with van der Waals surface area (Å²) in [5.74, 6) is 3.22. The topological polar surface area (TPSA) is 21.3 Å². The fourth-order valence-corrected chi connectivity index (χ4v) is 3.23. The summed E-state index contributed by atoms with van der Waals surface area (Å²) in [5, 5.41) is 3.54. The molecule has 0 aromatic heterocycles. The van der Waals surface area contributed by atoms with Crippen LogP contribution in [0.5, 0.6) is 5.75 Å². The summed E-state index contributed by atoms with van der Waals surface area (Å²) in [6, 6.07) is 8.17. The number of halogens is 1. The molecule has 1 aliphatic rings. The van der Waals surface area contributed by atoms with Gasteiger partial charge in [0.1, 0.15) is 5.75 Å². The SMILES string of the molecule is COc1ccccc1CNCC1CCCC1CCl. The molecule has 1 aromatic rings. The van der Waals surface area contributed by atoms with Crippen LogP contribution >= 0.6 is 11.6 Å². The molecule has 0 aliphatic heterocycles. The van der Waals surface area contributed by atoms with E-state index < -0.39 is 0 Å². The van der Waals surface area contributed by atoms with E-state index in [1.54, 1.807) is 7.11 Å². The first-order valence-corrected chi connectivity index (χ1v) is 7.27. The highest BCUT2D eigenvalue weighted by Crippen LogP contribution is 2.32. The summed E-state index contributed by atoms with van der Waals surface area (Å²) < 4.78 is 5.35. The number of ether oxygens (including phenoxy) is 1. The van der Waals surface area contributed by atoms with E-state index in [0.29, 0.717) is 5.92 Å². The Morgan fingerprint density at radius 3 is 2.83 bits per heavy atom. The normalized spacial score (nSPS) is 23.2. The van der Waals surface area contributed by atoms with Crippen molar-refractivity contribution in [1.82, 2.24) is 5.32 Å². The zero-order chi connectivity index (χ0) is 12.8. The maximum atomic E-state index is 6.00. The van der Waals surface area contributed by atoms with E-state index in [2.05, 4.69) is 17.4 Å². The van der Waals surface area contributed by atoms with Gasteiger partial charge in [0.2, 0.25) is 0 Å². The van der Waals surface area contributed by atoms with Crippen molar-refractivity contribution in [3.05, 3.63) is 29.8 Å². The van der Waals surface area contributed by atoms with E-state index in [-0.39, 0.29) is 0 Å². The number of nitrogens with one attached hydrogen (secondary N) is 1. The highest BCUT2D eigenvalue weighted by atomic mass is 35.5. The Morgan fingerprint density at radius 1 is 1.28 bits per heavy atom. The molecule has 1 fully saturated rings. The molecule has 0 heterocycles. The van der Waals surface area contributed by atoms with Crippen LogP contribution in [-0.4, -0.2) is 19.5 Å². The molecule has 0 radical (unpaired) electrons. The molecule has 0 saturated heterocycles. The maximum absolute atomic E-state index is 6.00. The number of para-hydroxylation sites is 1. The standard InChI is InChI=1S/C15H22ClNO/c1-18-15-8-3-2-5-14(15)11-17-10-13-7-4-6-12(13)9-16/h2-3,5,8,12-13,17H,4,6-7,9-11H2,1H3. The van der Waals surface area contributed by atoms with Gasteiger partial charge in [-0.25, -0.2) is 0 Å². The summed E-state index contributed by atoms with van der Waals surface area (Å²) in [5.41, 5.74) is 1.22. The lowest BCUT2D eigenvalue weighted by molar-refractivity contribution is 0.386. The monoisotopic (exact) mass is 267 g/mol. The molecule has 1 saturated carbocycles. The van der Waals surface area contributed by atoms with Crippen molar-refractivity contribution < 1.29 is 4.74 Å². The third-order valence-corrected chi connectivity index (χ3v) is 4.33. The van der Waals surface area contributed by atoms with Crippen molar-refractivity contribution in [3.63, 3.8) is 0 Å². The van der Waals surface area contributed by atoms with Crippen LogP contribution in [-0.2, 0) is 6.54 Å². The smallest absolute Gasteiger partial charge is 0.123 e. The van der Waals surface area contributed by atoms with Crippen molar-refractivity contribution in [2.24, 2.45) is 11.8 Å². The van der Waals surface area contributed by atoms with Crippen LogP contribution in [0.2, 0.25) is 0 Å². The van der Waals surface area contributed by atoms with Crippen LogP contribution in [0.1, 0.15) is 24.8 Å². The minimum absolute atomic E-state index is 0.705. The third-order valence-electron chi connectivity index (χ3n) is 3.93. The number of alkyl halides is 1. The Morgan fingerprint density at radius 2 is 2.06 bits per heavy atom. The molecule has 1 aromatic carbocycles. The zero-order valence-corrected chi connectivity index (χ0v) is 11.7. The highest BCUT2D eigenvalue weighted by molar-refractivity contribution is 6.18. The molecule has 2 atom stereocenters. The second-order valence-electron chi connectivity index (χ2n) is 5.05. The summed E-state index contributed by atoms with van der Waals surface area (Å²) in [6.07, 6.45) is 3.94. The lowest BCUT2D eigenvalue weighted by atomic mass is 9.98. The van der Waals surface area contributed by atoms with Crippen molar-refractivity contribution in [2.45, 2.75) is 25.8 Å². The molecule has 100 valence electrons. The van der Waals surface area contributed by atoms with E-state index in [1.165, 1.54) is 24.8 Å². The Bertz CT molecular complexity index is 369. The molecule has 1 N–H and O–H groups in total. The van der Waals surface area contributed by atoms with Crippen LogP contribution in [0, 0.1) is 11.8 Å². The van der Waals surface area contributed by atoms with Crippen LogP contribution in [0.15, 0.2) is 24.3 Å². The fourth-order valence-electron chi connectivity index (χ4n) is 2.83. The van der Waals surface area contributed by atoms with E-state index in [0.717, 1.165) is 30.6 Å². The second-order valence-corrected chi connectivity index (χ2v) is 5.36. The number of hydrogen-bond donors (Lipinski definition) is 1. The fraction of sp³-hybridized carbons (Fsp3) is 0.600. The van der Waals surface area contributed by atoms with Crippen molar-refractivity contribution >= 4 is 11.6 Å².